The Labute approximate surface area is 118 Å². The van der Waals surface area contributed by atoms with Gasteiger partial charge in [-0.3, -0.25) is 0 Å². The Balaban J connectivity index is 2.22. The molecule has 2 aromatic rings. The van der Waals surface area contributed by atoms with Gasteiger partial charge in [0.1, 0.15) is 0 Å². The number of nitrogens with two attached hydrogens (primary N) is 1. The second-order valence-electron chi connectivity index (χ2n) is 4.31. The van der Waals surface area contributed by atoms with Crippen molar-refractivity contribution in [1.82, 2.24) is 0 Å². The van der Waals surface area contributed by atoms with E-state index in [-0.39, 0.29) is 11.3 Å². The Bertz CT molecular complexity index is 667. The molecule has 0 amide bonds. The van der Waals surface area contributed by atoms with Gasteiger partial charge in [0.05, 0.1) is 11.1 Å². The molecule has 0 fully saturated rings. The Morgan fingerprint density at radius 1 is 1.05 bits per heavy atom. The predicted octanol–water partition coefficient (Wildman–Crippen LogP) is 3.73. The van der Waals surface area contributed by atoms with Crippen molar-refractivity contribution in [3.8, 4) is 0 Å². The smallest absolute Gasteiger partial charge is 0.416 e. The summed E-state index contributed by atoms with van der Waals surface area (Å²) in [6, 6.07) is 8.68. The van der Waals surface area contributed by atoms with Crippen LogP contribution in [-0.2, 0) is 6.18 Å². The molecule has 0 aromatic heterocycles. The highest BCUT2D eigenvalue weighted by atomic mass is 19.4. The normalized spacial score (nSPS) is 11.2. The molecule has 4 nitrogen and oxygen atoms in total. The van der Waals surface area contributed by atoms with Crippen molar-refractivity contribution in [1.29, 1.82) is 0 Å². The Morgan fingerprint density at radius 3 is 2.14 bits per heavy atom. The quantitative estimate of drug-likeness (QED) is 0.754. The maximum absolute atomic E-state index is 12.4. The summed E-state index contributed by atoms with van der Waals surface area (Å²) in [4.78, 5) is 10.9. The lowest BCUT2D eigenvalue weighted by atomic mass is 10.1. The molecule has 0 unspecified atom stereocenters. The summed E-state index contributed by atoms with van der Waals surface area (Å²) in [5.74, 6) is -1.18. The van der Waals surface area contributed by atoms with Gasteiger partial charge < -0.3 is 16.2 Å². The average Bonchev–Trinajstić information content (AvgIpc) is 2.40. The van der Waals surface area contributed by atoms with E-state index in [0.29, 0.717) is 11.4 Å². The number of carboxylic acids is 1. The van der Waals surface area contributed by atoms with E-state index >= 15 is 0 Å². The van der Waals surface area contributed by atoms with Gasteiger partial charge >= 0.3 is 12.1 Å². The Morgan fingerprint density at radius 2 is 1.62 bits per heavy atom. The number of nitrogen functional groups attached to an aromatic ring is 1. The number of nitrogens with one attached hydrogen (secondary N) is 1. The molecule has 0 bridgehead atoms. The number of halogens is 3. The number of carbonyl (C=O) groups is 1. The minimum absolute atomic E-state index is 0.0769. The van der Waals surface area contributed by atoms with Crippen LogP contribution in [0.3, 0.4) is 0 Å². The van der Waals surface area contributed by atoms with Gasteiger partial charge in [-0.15, -0.1) is 0 Å². The Hall–Kier alpha value is -2.70. The zero-order valence-electron chi connectivity index (χ0n) is 10.6. The van der Waals surface area contributed by atoms with E-state index in [0.717, 1.165) is 12.1 Å². The molecule has 0 saturated carbocycles. The first-order valence-electron chi connectivity index (χ1n) is 5.84. The van der Waals surface area contributed by atoms with Gasteiger partial charge in [0.2, 0.25) is 0 Å². The molecule has 2 rings (SSSR count). The van der Waals surface area contributed by atoms with Crippen LogP contribution < -0.4 is 11.1 Å². The third-order valence-electron chi connectivity index (χ3n) is 2.78. The largest absolute Gasteiger partial charge is 0.478 e. The summed E-state index contributed by atoms with van der Waals surface area (Å²) in [5, 5.41) is 11.8. The monoisotopic (exact) mass is 296 g/mol. The zero-order valence-corrected chi connectivity index (χ0v) is 10.6. The number of rotatable bonds is 3. The molecule has 2 aromatic carbocycles. The standard InChI is InChI=1S/C14H11F3N2O2/c15-14(16,17)8-1-3-9(4-2-8)19-10-5-6-12(18)11(7-10)13(20)21/h1-7,19H,18H2,(H,20,21). The minimum atomic E-state index is -4.39. The van der Waals surface area contributed by atoms with Gasteiger partial charge in [-0.05, 0) is 42.5 Å². The summed E-state index contributed by atoms with van der Waals surface area (Å²) in [6.07, 6.45) is -4.39. The van der Waals surface area contributed by atoms with E-state index < -0.39 is 17.7 Å². The predicted molar refractivity (Wildman–Crippen MR) is 72.5 cm³/mol. The summed E-state index contributed by atoms with van der Waals surface area (Å²) < 4.78 is 37.3. The van der Waals surface area contributed by atoms with Crippen LogP contribution in [-0.4, -0.2) is 11.1 Å². The molecule has 0 radical (unpaired) electrons. The summed E-state index contributed by atoms with van der Waals surface area (Å²) in [7, 11) is 0. The fraction of sp³-hybridized carbons (Fsp3) is 0.0714. The first-order chi connectivity index (χ1) is 9.77. The molecule has 0 spiro atoms. The van der Waals surface area contributed by atoms with Gasteiger partial charge in [0.25, 0.3) is 0 Å². The molecule has 0 aliphatic carbocycles. The number of aromatic carboxylic acids is 1. The van der Waals surface area contributed by atoms with Crippen LogP contribution in [0.1, 0.15) is 15.9 Å². The molecule has 0 saturated heterocycles. The zero-order chi connectivity index (χ0) is 15.6. The molecule has 4 N–H and O–H groups in total. The lowest BCUT2D eigenvalue weighted by Crippen LogP contribution is -2.05. The number of hydrogen-bond donors (Lipinski definition) is 3. The van der Waals surface area contributed by atoms with Gasteiger partial charge in [-0.2, -0.15) is 13.2 Å². The molecular formula is C14H11F3N2O2. The van der Waals surface area contributed by atoms with E-state index in [1.165, 1.54) is 24.3 Å². The fourth-order valence-electron chi connectivity index (χ4n) is 1.73. The first kappa shape index (κ1) is 14.7. The maximum Gasteiger partial charge on any atom is 0.416 e. The van der Waals surface area contributed by atoms with E-state index in [1.807, 2.05) is 0 Å². The van der Waals surface area contributed by atoms with E-state index in [9.17, 15) is 18.0 Å². The first-order valence-corrected chi connectivity index (χ1v) is 5.84. The third-order valence-corrected chi connectivity index (χ3v) is 2.78. The molecule has 0 heterocycles. The average molecular weight is 296 g/mol. The van der Waals surface area contributed by atoms with Crippen LogP contribution >= 0.6 is 0 Å². The summed E-state index contributed by atoms with van der Waals surface area (Å²) >= 11 is 0. The van der Waals surface area contributed by atoms with Crippen molar-refractivity contribution in [2.24, 2.45) is 0 Å². The number of anilines is 3. The van der Waals surface area contributed by atoms with Gasteiger partial charge in [-0.25, -0.2) is 4.79 Å². The lowest BCUT2D eigenvalue weighted by molar-refractivity contribution is -0.137. The minimum Gasteiger partial charge on any atom is -0.478 e. The summed E-state index contributed by atoms with van der Waals surface area (Å²) in [5.41, 5.74) is 5.62. The number of hydrogen-bond acceptors (Lipinski definition) is 3. The van der Waals surface area contributed by atoms with Crippen molar-refractivity contribution >= 4 is 23.0 Å². The van der Waals surface area contributed by atoms with Gasteiger partial charge in [0.15, 0.2) is 0 Å². The number of alkyl halides is 3. The van der Waals surface area contributed by atoms with Gasteiger partial charge in [-0.1, -0.05) is 0 Å². The van der Waals surface area contributed by atoms with Crippen molar-refractivity contribution in [3.05, 3.63) is 53.6 Å². The van der Waals surface area contributed by atoms with E-state index in [1.54, 1.807) is 6.07 Å². The highest BCUT2D eigenvalue weighted by Gasteiger charge is 2.29. The van der Waals surface area contributed by atoms with Crippen LogP contribution in [0.4, 0.5) is 30.2 Å². The lowest BCUT2D eigenvalue weighted by Gasteiger charge is -2.10. The summed E-state index contributed by atoms with van der Waals surface area (Å²) in [6.45, 7) is 0. The van der Waals surface area contributed by atoms with Crippen LogP contribution in [0.5, 0.6) is 0 Å². The van der Waals surface area contributed by atoms with Crippen molar-refractivity contribution < 1.29 is 23.1 Å². The van der Waals surface area contributed by atoms with Crippen LogP contribution in [0.25, 0.3) is 0 Å². The van der Waals surface area contributed by atoms with Crippen LogP contribution in [0.2, 0.25) is 0 Å². The topological polar surface area (TPSA) is 75.3 Å². The Kier molecular flexibility index (Phi) is 3.75. The SMILES string of the molecule is Nc1ccc(Nc2ccc(C(F)(F)F)cc2)cc1C(=O)O. The second kappa shape index (κ2) is 5.35. The molecule has 0 aliphatic heterocycles. The molecular weight excluding hydrogens is 285 g/mol. The fourth-order valence-corrected chi connectivity index (χ4v) is 1.73. The van der Waals surface area contributed by atoms with Crippen molar-refractivity contribution in [2.75, 3.05) is 11.1 Å². The van der Waals surface area contributed by atoms with E-state index in [4.69, 9.17) is 10.8 Å². The van der Waals surface area contributed by atoms with Gasteiger partial charge in [0, 0.05) is 17.1 Å². The van der Waals surface area contributed by atoms with Crippen molar-refractivity contribution in [2.45, 2.75) is 6.18 Å². The second-order valence-corrected chi connectivity index (χ2v) is 4.31. The third kappa shape index (κ3) is 3.44. The van der Waals surface area contributed by atoms with Crippen molar-refractivity contribution in [3.63, 3.8) is 0 Å². The molecule has 7 heteroatoms. The number of benzene rings is 2. The molecule has 0 atom stereocenters. The molecule has 0 aliphatic rings. The maximum atomic E-state index is 12.4. The van der Waals surface area contributed by atoms with Crippen LogP contribution in [0, 0.1) is 0 Å². The van der Waals surface area contributed by atoms with Crippen LogP contribution in [0.15, 0.2) is 42.5 Å². The molecule has 21 heavy (non-hydrogen) atoms. The number of carboxylic acid groups (broad SMARTS) is 1. The highest BCUT2D eigenvalue weighted by Crippen LogP contribution is 2.30. The highest BCUT2D eigenvalue weighted by molar-refractivity contribution is 5.95. The molecule has 110 valence electrons. The van der Waals surface area contributed by atoms with E-state index in [2.05, 4.69) is 5.32 Å².